The van der Waals surface area contributed by atoms with Crippen LogP contribution in [0.4, 0.5) is 0 Å². The van der Waals surface area contributed by atoms with Crippen molar-refractivity contribution in [2.45, 2.75) is 64.4 Å². The van der Waals surface area contributed by atoms with Crippen molar-refractivity contribution < 1.29 is 29.0 Å². The molecule has 2 amide bonds. The summed E-state index contributed by atoms with van der Waals surface area (Å²) in [4.78, 5) is 27.4. The summed E-state index contributed by atoms with van der Waals surface area (Å²) >= 11 is 0. The quantitative estimate of drug-likeness (QED) is 0.722. The third-order valence-electron chi connectivity index (χ3n) is 6.70. The number of likely N-dealkylation sites (tertiary alicyclic amines) is 1. The monoisotopic (exact) mass is 391 g/mol. The summed E-state index contributed by atoms with van der Waals surface area (Å²) in [6.45, 7) is 4.21. The maximum atomic E-state index is 13.1. The van der Waals surface area contributed by atoms with E-state index >= 15 is 0 Å². The van der Waals surface area contributed by atoms with Gasteiger partial charge < -0.3 is 19.4 Å². The molecule has 0 bridgehead atoms. The molecule has 7 heteroatoms. The highest BCUT2D eigenvalue weighted by Crippen LogP contribution is 2.59. The Morgan fingerprint density at radius 3 is 2.61 bits per heavy atom. The van der Waals surface area contributed by atoms with Crippen LogP contribution >= 0.6 is 0 Å². The number of ether oxygens (including phenoxy) is 1. The maximum absolute atomic E-state index is 13.1. The van der Waals surface area contributed by atoms with Gasteiger partial charge in [-0.15, -0.1) is 0 Å². The summed E-state index contributed by atoms with van der Waals surface area (Å²) in [7, 11) is 0. The molecule has 4 rings (SSSR count). The predicted octanol–water partition coefficient (Wildman–Crippen LogP) is 2.37. The predicted molar refractivity (Wildman–Crippen MR) is 98.5 cm³/mol. The van der Waals surface area contributed by atoms with Crippen LogP contribution in [0.25, 0.3) is 0 Å². The van der Waals surface area contributed by atoms with Gasteiger partial charge in [0.05, 0.1) is 11.8 Å². The normalized spacial score (nSPS) is 37.4. The van der Waals surface area contributed by atoms with Gasteiger partial charge >= 0.3 is 0 Å². The van der Waals surface area contributed by atoms with Gasteiger partial charge in [0, 0.05) is 18.4 Å². The number of nitrogens with zero attached hydrogens (tertiary/aromatic N) is 1. The number of aliphatic hydroxyl groups is 2. The first-order chi connectivity index (χ1) is 13.4. The van der Waals surface area contributed by atoms with Crippen LogP contribution in [0.1, 0.15) is 63.6 Å². The molecule has 6 atom stereocenters. The summed E-state index contributed by atoms with van der Waals surface area (Å²) in [5.41, 5.74) is 0. The second kappa shape index (κ2) is 7.28. The van der Waals surface area contributed by atoms with E-state index in [0.717, 1.165) is 19.3 Å². The van der Waals surface area contributed by atoms with Crippen LogP contribution in [0.3, 0.4) is 0 Å². The van der Waals surface area contributed by atoms with E-state index in [1.165, 1.54) is 4.90 Å². The number of amides is 2. The van der Waals surface area contributed by atoms with E-state index in [9.17, 15) is 19.8 Å². The van der Waals surface area contributed by atoms with Crippen molar-refractivity contribution in [3.63, 3.8) is 0 Å². The summed E-state index contributed by atoms with van der Waals surface area (Å²) in [5, 5.41) is 20.8. The van der Waals surface area contributed by atoms with Gasteiger partial charge in [0.1, 0.15) is 24.2 Å². The van der Waals surface area contributed by atoms with Gasteiger partial charge in [0.2, 0.25) is 11.8 Å². The first kappa shape index (κ1) is 19.6. The molecular formula is C21H29NO6. The van der Waals surface area contributed by atoms with Crippen molar-refractivity contribution in [2.75, 3.05) is 6.54 Å². The van der Waals surface area contributed by atoms with Gasteiger partial charge in [-0.2, -0.15) is 0 Å². The zero-order chi connectivity index (χ0) is 20.1. The Hall–Kier alpha value is -1.70. The van der Waals surface area contributed by atoms with Crippen molar-refractivity contribution in [3.05, 3.63) is 23.7 Å². The lowest BCUT2D eigenvalue weighted by Crippen LogP contribution is -2.53. The third kappa shape index (κ3) is 2.83. The fourth-order valence-electron chi connectivity index (χ4n) is 5.50. The van der Waals surface area contributed by atoms with E-state index in [-0.39, 0.29) is 30.3 Å². The second-order valence-corrected chi connectivity index (χ2v) is 8.34. The van der Waals surface area contributed by atoms with Crippen molar-refractivity contribution in [1.29, 1.82) is 0 Å². The Balaban J connectivity index is 1.68. The molecule has 28 heavy (non-hydrogen) atoms. The first-order valence-electron chi connectivity index (χ1n) is 10.4. The van der Waals surface area contributed by atoms with Crippen molar-refractivity contribution in [3.8, 4) is 0 Å². The van der Waals surface area contributed by atoms with Crippen molar-refractivity contribution in [2.24, 2.45) is 23.7 Å². The smallest absolute Gasteiger partial charge is 0.233 e. The highest BCUT2D eigenvalue weighted by atomic mass is 16.6. The standard InChI is InChI=1S/C21H29NO6/c1-3-5-12-9-14-18(20(25)22(8-4-2)19(14)24)15-10-17(28-21(12,15)26)16-7-6-13(11-23)27-16/h6-7,12,14-15,17-18,23,26H,3-5,8-11H2,1-2H3/t12-,14-,15-,17-,18-,21+/m0/s1. The van der Waals surface area contributed by atoms with E-state index in [0.29, 0.717) is 30.9 Å². The minimum Gasteiger partial charge on any atom is -0.461 e. The molecule has 7 nitrogen and oxygen atoms in total. The van der Waals surface area contributed by atoms with Crippen LogP contribution in [-0.2, 0) is 20.9 Å². The molecule has 2 N–H and O–H groups in total. The summed E-state index contributed by atoms with van der Waals surface area (Å²) < 4.78 is 11.8. The molecule has 1 aromatic rings. The Morgan fingerprint density at radius 2 is 1.96 bits per heavy atom. The molecule has 0 unspecified atom stereocenters. The van der Waals surface area contributed by atoms with E-state index in [4.69, 9.17) is 9.15 Å². The molecule has 2 saturated heterocycles. The largest absolute Gasteiger partial charge is 0.461 e. The first-order valence-corrected chi connectivity index (χ1v) is 10.4. The summed E-state index contributed by atoms with van der Waals surface area (Å²) in [6.07, 6.45) is 2.73. The molecule has 1 aromatic heterocycles. The number of rotatable bonds is 6. The fraction of sp³-hybridized carbons (Fsp3) is 0.714. The molecule has 2 aliphatic heterocycles. The number of carbonyl (C=O) groups is 2. The lowest BCUT2D eigenvalue weighted by molar-refractivity contribution is -0.271. The SMILES string of the molecule is CCC[C@H]1C[C@@H]2C(=O)N(CCC)C(=O)[C@@H]2[C@@H]2C[C@@H](c3ccc(CO)o3)O[C@]12O. The lowest BCUT2D eigenvalue weighted by atomic mass is 9.63. The third-order valence-corrected chi connectivity index (χ3v) is 6.70. The molecule has 0 aromatic carbocycles. The second-order valence-electron chi connectivity index (χ2n) is 8.34. The molecular weight excluding hydrogens is 362 g/mol. The molecule has 3 fully saturated rings. The Morgan fingerprint density at radius 1 is 1.18 bits per heavy atom. The van der Waals surface area contributed by atoms with E-state index in [2.05, 4.69) is 0 Å². The zero-order valence-corrected chi connectivity index (χ0v) is 16.5. The van der Waals surface area contributed by atoms with Crippen LogP contribution in [0.5, 0.6) is 0 Å². The van der Waals surface area contributed by atoms with E-state index in [1.54, 1.807) is 12.1 Å². The molecule has 0 spiro atoms. The Labute approximate surface area is 164 Å². The number of imide groups is 1. The molecule has 3 aliphatic rings. The number of fused-ring (bicyclic) bond motifs is 3. The van der Waals surface area contributed by atoms with Gasteiger partial charge in [-0.25, -0.2) is 0 Å². The minimum atomic E-state index is -1.44. The van der Waals surface area contributed by atoms with E-state index in [1.807, 2.05) is 13.8 Å². The number of hydrogen-bond acceptors (Lipinski definition) is 6. The van der Waals surface area contributed by atoms with Gasteiger partial charge in [0.15, 0.2) is 5.79 Å². The number of aliphatic hydroxyl groups excluding tert-OH is 1. The lowest BCUT2D eigenvalue weighted by Gasteiger charge is -2.44. The molecule has 154 valence electrons. The van der Waals surface area contributed by atoms with Crippen LogP contribution in [-0.4, -0.2) is 39.3 Å². The van der Waals surface area contributed by atoms with E-state index < -0.39 is 23.7 Å². The van der Waals surface area contributed by atoms with Crippen LogP contribution < -0.4 is 0 Å². The minimum absolute atomic E-state index is 0.0935. The highest BCUT2D eigenvalue weighted by molar-refractivity contribution is 6.05. The molecule has 1 aliphatic carbocycles. The highest BCUT2D eigenvalue weighted by Gasteiger charge is 2.66. The summed E-state index contributed by atoms with van der Waals surface area (Å²) in [6, 6.07) is 3.43. The van der Waals surface area contributed by atoms with Gasteiger partial charge in [-0.1, -0.05) is 20.3 Å². The zero-order valence-electron chi connectivity index (χ0n) is 16.5. The molecule has 1 saturated carbocycles. The molecule has 0 radical (unpaired) electrons. The average molecular weight is 391 g/mol. The fourth-order valence-corrected chi connectivity index (χ4v) is 5.50. The number of hydrogen-bond donors (Lipinski definition) is 2. The molecule has 3 heterocycles. The van der Waals surface area contributed by atoms with Crippen LogP contribution in [0.15, 0.2) is 16.5 Å². The van der Waals surface area contributed by atoms with Crippen molar-refractivity contribution >= 4 is 11.8 Å². The Bertz CT molecular complexity index is 760. The number of furan rings is 1. The Kier molecular flexibility index (Phi) is 5.10. The van der Waals surface area contributed by atoms with Crippen LogP contribution in [0, 0.1) is 23.7 Å². The maximum Gasteiger partial charge on any atom is 0.233 e. The van der Waals surface area contributed by atoms with Crippen molar-refractivity contribution in [1.82, 2.24) is 4.90 Å². The summed E-state index contributed by atoms with van der Waals surface area (Å²) in [5.74, 6) is -2.26. The number of carbonyl (C=O) groups excluding carboxylic acids is 2. The van der Waals surface area contributed by atoms with Gasteiger partial charge in [0.25, 0.3) is 0 Å². The van der Waals surface area contributed by atoms with Crippen LogP contribution in [0.2, 0.25) is 0 Å². The topological polar surface area (TPSA) is 100 Å². The average Bonchev–Trinajstić information content (AvgIpc) is 3.34. The van der Waals surface area contributed by atoms with Gasteiger partial charge in [-0.05, 0) is 37.8 Å². The van der Waals surface area contributed by atoms with Gasteiger partial charge in [-0.3, -0.25) is 14.5 Å².